The maximum atomic E-state index is 10.4. The summed E-state index contributed by atoms with van der Waals surface area (Å²) >= 11 is 0. The van der Waals surface area contributed by atoms with Gasteiger partial charge >= 0.3 is 0 Å². The summed E-state index contributed by atoms with van der Waals surface area (Å²) < 4.78 is 7.28. The molecule has 0 fully saturated rings. The number of rotatable bonds is 9. The molecule has 0 spiro atoms. The van der Waals surface area contributed by atoms with Crippen LogP contribution in [0, 0.1) is 17.9 Å². The quantitative estimate of drug-likeness (QED) is 0.107. The molecule has 6 heterocycles. The Morgan fingerprint density at radius 2 is 0.689 bits per heavy atom. The molecule has 0 amide bonds. The predicted octanol–water partition coefficient (Wildman–Crippen LogP) is 23.9. The van der Waals surface area contributed by atoms with E-state index in [0.717, 1.165) is 156 Å². The summed E-state index contributed by atoms with van der Waals surface area (Å²) in [5, 5.41) is 19.5. The van der Waals surface area contributed by atoms with Crippen LogP contribution in [0.2, 0.25) is 0 Å². The maximum Gasteiger partial charge on any atom is 0.252 e. The Balaban J connectivity index is 0.921. The third-order valence-corrected chi connectivity index (χ3v) is 22.6. The third kappa shape index (κ3) is 8.61. The van der Waals surface area contributed by atoms with Crippen molar-refractivity contribution in [1.29, 1.82) is 5.26 Å². The molecule has 0 aliphatic carbocycles. The molecular weight excluding hydrogens is 1290 g/mol. The second-order valence-electron chi connectivity index (χ2n) is 28.0. The summed E-state index contributed by atoms with van der Waals surface area (Å²) in [6, 6.07) is 132. The molecular formula is C98H58BN7. The van der Waals surface area contributed by atoms with E-state index in [-0.39, 0.29) is 6.71 Å². The van der Waals surface area contributed by atoms with Crippen molar-refractivity contribution in [1.82, 2.24) is 13.5 Å². The Kier molecular flexibility index (Phi) is 12.9. The van der Waals surface area contributed by atoms with E-state index in [4.69, 9.17) is 6.57 Å². The first-order valence-corrected chi connectivity index (χ1v) is 36.1. The van der Waals surface area contributed by atoms with Crippen LogP contribution in [0.15, 0.2) is 352 Å². The van der Waals surface area contributed by atoms with Gasteiger partial charge < -0.3 is 23.3 Å². The van der Waals surface area contributed by atoms with Crippen molar-refractivity contribution in [2.45, 2.75) is 0 Å². The number of hydrogen-bond donors (Lipinski definition) is 0. The predicted molar refractivity (Wildman–Crippen MR) is 442 cm³/mol. The van der Waals surface area contributed by atoms with Gasteiger partial charge in [-0.2, -0.15) is 5.26 Å². The zero-order valence-electron chi connectivity index (χ0n) is 57.2. The van der Waals surface area contributed by atoms with Gasteiger partial charge in [-0.15, -0.1) is 0 Å². The molecule has 7 nitrogen and oxygen atoms in total. The van der Waals surface area contributed by atoms with Gasteiger partial charge in [0.2, 0.25) is 0 Å². The highest BCUT2D eigenvalue weighted by atomic mass is 15.2. The van der Waals surface area contributed by atoms with Crippen molar-refractivity contribution in [2.24, 2.45) is 0 Å². The Morgan fingerprint density at radius 3 is 1.19 bits per heavy atom. The van der Waals surface area contributed by atoms with E-state index in [2.05, 4.69) is 362 Å². The monoisotopic (exact) mass is 1340 g/mol. The van der Waals surface area contributed by atoms with E-state index in [1.807, 2.05) is 24.3 Å². The molecule has 488 valence electrons. The van der Waals surface area contributed by atoms with Crippen LogP contribution in [0.4, 0.5) is 39.8 Å². The first kappa shape index (κ1) is 59.3. The molecule has 0 unspecified atom stereocenters. The van der Waals surface area contributed by atoms with E-state index in [1.54, 1.807) is 0 Å². The fourth-order valence-corrected chi connectivity index (χ4v) is 18.1. The van der Waals surface area contributed by atoms with Crippen LogP contribution in [0.1, 0.15) is 5.56 Å². The van der Waals surface area contributed by atoms with E-state index >= 15 is 0 Å². The summed E-state index contributed by atoms with van der Waals surface area (Å²) in [5.41, 5.74) is 31.6. The molecule has 20 aromatic rings. The van der Waals surface area contributed by atoms with Crippen LogP contribution in [0.3, 0.4) is 0 Å². The fourth-order valence-electron chi connectivity index (χ4n) is 18.1. The molecule has 4 aromatic heterocycles. The molecule has 2 aliphatic heterocycles. The molecule has 22 rings (SSSR count). The smallest absolute Gasteiger partial charge is 0.252 e. The molecule has 16 aromatic carbocycles. The average Bonchev–Trinajstić information content (AvgIpc) is 0.865. The van der Waals surface area contributed by atoms with Gasteiger partial charge in [0.05, 0.1) is 68.2 Å². The van der Waals surface area contributed by atoms with Crippen LogP contribution >= 0.6 is 0 Å². The lowest BCUT2D eigenvalue weighted by Gasteiger charge is -2.46. The summed E-state index contributed by atoms with van der Waals surface area (Å²) in [6.45, 7) is 7.86. The van der Waals surface area contributed by atoms with Gasteiger partial charge in [0, 0.05) is 94.1 Å². The Hall–Kier alpha value is -14.4. The van der Waals surface area contributed by atoms with Crippen molar-refractivity contribution in [3.05, 3.63) is 369 Å². The number of para-hydroxylation sites is 6. The minimum absolute atomic E-state index is 0.333. The van der Waals surface area contributed by atoms with Crippen LogP contribution in [0.25, 0.3) is 154 Å². The maximum absolute atomic E-state index is 10.4. The Bertz CT molecular complexity index is 6730. The Morgan fingerprint density at radius 1 is 0.292 bits per heavy atom. The van der Waals surface area contributed by atoms with E-state index in [1.165, 1.54) is 43.6 Å². The largest absolute Gasteiger partial charge is 0.310 e. The number of fused-ring (bicyclic) bond motifs is 16. The standard InChI is InChI=1S/C98H58BN7/c1-101-68-45-52-89-82(57-68)77-33-16-18-41-86(77)103(89)70-47-49-84-92(59-70)106(97-73(64-27-10-4-11-28-64)36-21-37-74(97)65-29-12-5-13-30-65)94-56-67(66-44-51-90-81(54-66)79-39-22-38-78-75-31-14-19-42-87(75)104(90)98(78)79)55-93-95(94)99(84)83-48-46-69(102-85-40-17-15-32-76(85)80-53-61(60-100)43-50-88(80)102)58-91(83)105(93)96-71(62-23-6-2-7-24-62)34-20-35-72(96)63-25-8-3-9-26-63/h2-59H. The van der Waals surface area contributed by atoms with Gasteiger partial charge in [-0.3, -0.25) is 0 Å². The minimum atomic E-state index is -0.333. The number of benzene rings is 16. The second-order valence-corrected chi connectivity index (χ2v) is 28.0. The van der Waals surface area contributed by atoms with Crippen LogP contribution in [-0.4, -0.2) is 20.2 Å². The van der Waals surface area contributed by atoms with Gasteiger partial charge in [-0.05, 0) is 152 Å². The molecule has 0 N–H and O–H groups in total. The zero-order valence-corrected chi connectivity index (χ0v) is 57.2. The highest BCUT2D eigenvalue weighted by molar-refractivity contribution is 7.00. The lowest BCUT2D eigenvalue weighted by molar-refractivity contribution is 1.17. The van der Waals surface area contributed by atoms with E-state index in [0.29, 0.717) is 11.3 Å². The topological polar surface area (TPSA) is 48.9 Å². The number of hydrogen-bond acceptors (Lipinski definition) is 3. The third-order valence-electron chi connectivity index (χ3n) is 22.6. The highest BCUT2D eigenvalue weighted by Gasteiger charge is 2.46. The molecule has 0 saturated heterocycles. The second kappa shape index (κ2) is 23.0. The molecule has 0 saturated carbocycles. The van der Waals surface area contributed by atoms with Crippen LogP contribution in [-0.2, 0) is 0 Å². The number of nitrogens with zero attached hydrogens (tertiary/aromatic N) is 7. The summed E-state index contributed by atoms with van der Waals surface area (Å²) in [7, 11) is 0. The highest BCUT2D eigenvalue weighted by Crippen LogP contribution is 2.55. The normalized spacial score (nSPS) is 12.5. The van der Waals surface area contributed by atoms with Gasteiger partial charge in [-0.1, -0.05) is 255 Å². The first-order chi connectivity index (χ1) is 52.5. The fraction of sp³-hybridized carbons (Fsp3) is 0. The van der Waals surface area contributed by atoms with Crippen molar-refractivity contribution < 1.29 is 0 Å². The van der Waals surface area contributed by atoms with Crippen molar-refractivity contribution in [3.8, 4) is 73.1 Å². The SMILES string of the molecule is [C-]#[N+]c1ccc2c(c1)c1ccccc1n2-c1ccc2c(c1)N(c1c(-c3ccccc3)cccc1-c1ccccc1)c1cc(-c3ccc4c(c3)c3cccc5c6ccccc6n4c53)cc3c1B2c1ccc(-n2c4ccccc4c4cc(C#N)ccc42)cc1N3c1c(-c2ccccc2)cccc1-c1ccccc1. The zero-order chi connectivity index (χ0) is 69.8. The summed E-state index contributed by atoms with van der Waals surface area (Å²) in [5.74, 6) is 0. The molecule has 106 heavy (non-hydrogen) atoms. The molecule has 0 radical (unpaired) electrons. The minimum Gasteiger partial charge on any atom is -0.310 e. The van der Waals surface area contributed by atoms with Crippen molar-refractivity contribution in [2.75, 3.05) is 9.80 Å². The van der Waals surface area contributed by atoms with Crippen LogP contribution < -0.4 is 26.2 Å². The number of nitriles is 1. The van der Waals surface area contributed by atoms with Gasteiger partial charge in [0.25, 0.3) is 6.71 Å². The van der Waals surface area contributed by atoms with Gasteiger partial charge in [0.1, 0.15) is 0 Å². The van der Waals surface area contributed by atoms with Crippen LogP contribution in [0.5, 0.6) is 0 Å². The molecule has 8 heteroatoms. The summed E-state index contributed by atoms with van der Waals surface area (Å²) in [4.78, 5) is 9.24. The number of aromatic nitrogens is 3. The van der Waals surface area contributed by atoms with E-state index in [9.17, 15) is 5.26 Å². The lowest BCUT2D eigenvalue weighted by atomic mass is 9.33. The Labute approximate surface area is 611 Å². The molecule has 0 bridgehead atoms. The first-order valence-electron chi connectivity index (χ1n) is 36.1. The van der Waals surface area contributed by atoms with Crippen molar-refractivity contribution in [3.63, 3.8) is 0 Å². The molecule has 2 aliphatic rings. The molecule has 0 atom stereocenters. The van der Waals surface area contributed by atoms with Crippen molar-refractivity contribution >= 4 is 145 Å². The average molecular weight is 1340 g/mol. The van der Waals surface area contributed by atoms with Gasteiger partial charge in [0.15, 0.2) is 5.69 Å². The van der Waals surface area contributed by atoms with Gasteiger partial charge in [-0.25, -0.2) is 4.85 Å². The summed E-state index contributed by atoms with van der Waals surface area (Å²) in [6.07, 6.45) is 0. The van der Waals surface area contributed by atoms with E-state index < -0.39 is 0 Å². The lowest BCUT2D eigenvalue weighted by Crippen LogP contribution is -2.61. The number of anilines is 6.